The van der Waals surface area contributed by atoms with Gasteiger partial charge < -0.3 is 9.67 Å². The second kappa shape index (κ2) is 13.3. The van der Waals surface area contributed by atoms with E-state index in [9.17, 15) is 22.8 Å². The van der Waals surface area contributed by atoms with E-state index >= 15 is 0 Å². The summed E-state index contributed by atoms with van der Waals surface area (Å²) in [6.45, 7) is 6.53. The predicted octanol–water partition coefficient (Wildman–Crippen LogP) is 5.85. The Hall–Kier alpha value is -2.36. The van der Waals surface area contributed by atoms with E-state index in [-0.39, 0.29) is 16.1 Å². The first kappa shape index (κ1) is 29.9. The first-order valence-corrected chi connectivity index (χ1v) is 12.2. The van der Waals surface area contributed by atoms with Crippen LogP contribution in [-0.4, -0.2) is 45.6 Å². The number of likely N-dealkylation sites (tertiary alicyclic amines) is 1. The number of carbonyl (C=O) groups is 2. The molecule has 2 aromatic rings. The Morgan fingerprint density at radius 2 is 1.81 bits per heavy atom. The molecule has 1 atom stereocenters. The highest BCUT2D eigenvalue weighted by atomic mass is 35.5. The maximum atomic E-state index is 12.8. The van der Waals surface area contributed by atoms with Crippen molar-refractivity contribution in [2.75, 3.05) is 6.54 Å². The molecule has 0 unspecified atom stereocenters. The molecule has 1 N–H and O–H groups in total. The van der Waals surface area contributed by atoms with Crippen molar-refractivity contribution in [3.8, 4) is 0 Å². The van der Waals surface area contributed by atoms with E-state index in [1.54, 1.807) is 34.9 Å². The Bertz CT molecular complexity index is 1100. The molecule has 0 aliphatic carbocycles. The minimum absolute atomic E-state index is 0.116. The number of pyridine rings is 1. The van der Waals surface area contributed by atoms with E-state index in [4.69, 9.17) is 33.1 Å². The van der Waals surface area contributed by atoms with Crippen molar-refractivity contribution in [2.45, 2.75) is 64.8 Å². The summed E-state index contributed by atoms with van der Waals surface area (Å²) in [6.07, 6.45) is -1.66. The van der Waals surface area contributed by atoms with Crippen molar-refractivity contribution in [2.24, 2.45) is 5.92 Å². The number of aryl methyl sites for hydroxylation is 1. The molecule has 198 valence electrons. The van der Waals surface area contributed by atoms with Crippen LogP contribution in [0, 0.1) is 5.92 Å². The Kier molecular flexibility index (Phi) is 11.0. The van der Waals surface area contributed by atoms with Gasteiger partial charge >= 0.3 is 12.1 Å². The number of carboxylic acids is 1. The van der Waals surface area contributed by atoms with Gasteiger partial charge in [-0.1, -0.05) is 49.2 Å². The molecular formula is C25H29Cl2F3N2O4. The van der Waals surface area contributed by atoms with Gasteiger partial charge in [-0.2, -0.15) is 13.2 Å². The van der Waals surface area contributed by atoms with Gasteiger partial charge in [0.05, 0.1) is 16.3 Å². The number of aldehydes is 1. The van der Waals surface area contributed by atoms with Crippen LogP contribution in [0.3, 0.4) is 0 Å². The number of alkyl halides is 3. The molecule has 2 heterocycles. The smallest absolute Gasteiger partial charge is 0.446 e. The number of halogens is 5. The van der Waals surface area contributed by atoms with Crippen LogP contribution < -0.4 is 5.56 Å². The quantitative estimate of drug-likeness (QED) is 0.418. The molecule has 0 saturated carbocycles. The van der Waals surface area contributed by atoms with E-state index < -0.39 is 18.4 Å². The van der Waals surface area contributed by atoms with Gasteiger partial charge in [0.1, 0.15) is 5.02 Å². The molecule has 0 radical (unpaired) electrons. The molecule has 0 bridgehead atoms. The van der Waals surface area contributed by atoms with Gasteiger partial charge in [0.15, 0.2) is 0 Å². The summed E-state index contributed by atoms with van der Waals surface area (Å²) in [7, 11) is 0. The fourth-order valence-electron chi connectivity index (χ4n) is 4.20. The highest BCUT2D eigenvalue weighted by molar-refractivity contribution is 6.34. The summed E-state index contributed by atoms with van der Waals surface area (Å²) in [5, 5.41) is 9.68. The second-order valence-electron chi connectivity index (χ2n) is 9.05. The average molecular weight is 549 g/mol. The topological polar surface area (TPSA) is 79.6 Å². The van der Waals surface area contributed by atoms with Crippen molar-refractivity contribution in [1.29, 1.82) is 0 Å². The summed E-state index contributed by atoms with van der Waals surface area (Å²) < 4.78 is 32.9. The first-order chi connectivity index (χ1) is 16.8. The lowest BCUT2D eigenvalue weighted by Gasteiger charge is -2.27. The number of benzene rings is 1. The SMILES string of the molecule is CC(C)C[C@H]1CCCN1Cc1c(Cl)cc(Cl)c(=O)n1CCc1ccc(C(=O)O)cc1.O=CC(F)(F)F. The molecule has 1 aromatic carbocycles. The number of hydrogen-bond donors (Lipinski definition) is 1. The molecule has 1 saturated heterocycles. The summed E-state index contributed by atoms with van der Waals surface area (Å²) >= 11 is 12.7. The lowest BCUT2D eigenvalue weighted by Crippen LogP contribution is -2.34. The number of hydrogen-bond acceptors (Lipinski definition) is 4. The van der Waals surface area contributed by atoms with E-state index in [1.165, 1.54) is 6.42 Å². The maximum absolute atomic E-state index is 12.8. The zero-order valence-electron chi connectivity index (χ0n) is 20.0. The molecule has 3 rings (SSSR count). The van der Waals surface area contributed by atoms with Crippen LogP contribution in [0.4, 0.5) is 13.2 Å². The minimum atomic E-state index is -4.64. The number of carboxylic acid groups (broad SMARTS) is 1. The van der Waals surface area contributed by atoms with Crippen LogP contribution >= 0.6 is 23.2 Å². The fourth-order valence-corrected chi connectivity index (χ4v) is 4.73. The Morgan fingerprint density at radius 1 is 1.19 bits per heavy atom. The molecule has 0 spiro atoms. The van der Waals surface area contributed by atoms with E-state index in [0.29, 0.717) is 36.5 Å². The van der Waals surface area contributed by atoms with Gasteiger partial charge in [-0.25, -0.2) is 4.79 Å². The van der Waals surface area contributed by atoms with Crippen LogP contribution in [0.25, 0.3) is 0 Å². The monoisotopic (exact) mass is 548 g/mol. The maximum Gasteiger partial charge on any atom is 0.446 e. The van der Waals surface area contributed by atoms with Crippen molar-refractivity contribution in [3.63, 3.8) is 0 Å². The largest absolute Gasteiger partial charge is 0.478 e. The van der Waals surface area contributed by atoms with Crippen molar-refractivity contribution in [3.05, 3.63) is 67.6 Å². The highest BCUT2D eigenvalue weighted by Gasteiger charge is 2.27. The van der Waals surface area contributed by atoms with Gasteiger partial charge in [-0.05, 0) is 61.9 Å². The Morgan fingerprint density at radius 3 is 2.33 bits per heavy atom. The van der Waals surface area contributed by atoms with Crippen LogP contribution in [0.5, 0.6) is 0 Å². The third-order valence-electron chi connectivity index (χ3n) is 5.86. The number of carbonyl (C=O) groups excluding carboxylic acids is 1. The normalized spacial score (nSPS) is 16.1. The van der Waals surface area contributed by atoms with Gasteiger partial charge in [0.2, 0.25) is 6.29 Å². The van der Waals surface area contributed by atoms with Gasteiger partial charge in [0.25, 0.3) is 5.56 Å². The van der Waals surface area contributed by atoms with Crippen LogP contribution in [0.15, 0.2) is 35.1 Å². The fraction of sp³-hybridized carbons (Fsp3) is 0.480. The standard InChI is InChI=1S/C23H28Cl2N2O3.C2HF3O/c1-15(2)12-18-4-3-10-26(18)14-21-19(24)13-20(25)22(28)27(21)11-9-16-5-7-17(8-6-16)23(29)30;3-2(4,5)1-6/h5-8,13,15,18H,3-4,9-12,14H2,1-2H3,(H,29,30);1H/t18-;/m1./s1. The molecule has 6 nitrogen and oxygen atoms in total. The molecule has 1 aliphatic rings. The van der Waals surface area contributed by atoms with Gasteiger partial charge in [-0.15, -0.1) is 0 Å². The summed E-state index contributed by atoms with van der Waals surface area (Å²) in [5.74, 6) is -0.337. The summed E-state index contributed by atoms with van der Waals surface area (Å²) in [6, 6.07) is 8.76. The number of aromatic carboxylic acids is 1. The molecule has 11 heteroatoms. The summed E-state index contributed by atoms with van der Waals surface area (Å²) in [4.78, 5) is 35.0. The molecule has 0 amide bonds. The molecular weight excluding hydrogens is 520 g/mol. The zero-order chi connectivity index (χ0) is 27.0. The minimum Gasteiger partial charge on any atom is -0.478 e. The predicted molar refractivity (Wildman–Crippen MR) is 133 cm³/mol. The van der Waals surface area contributed by atoms with E-state index in [1.807, 2.05) is 0 Å². The molecule has 1 fully saturated rings. The molecule has 1 aliphatic heterocycles. The highest BCUT2D eigenvalue weighted by Crippen LogP contribution is 2.28. The second-order valence-corrected chi connectivity index (χ2v) is 9.87. The van der Waals surface area contributed by atoms with Gasteiger partial charge in [-0.3, -0.25) is 14.5 Å². The van der Waals surface area contributed by atoms with E-state index in [2.05, 4.69) is 18.7 Å². The van der Waals surface area contributed by atoms with E-state index in [0.717, 1.165) is 30.6 Å². The van der Waals surface area contributed by atoms with Crippen molar-refractivity contribution in [1.82, 2.24) is 9.47 Å². The third-order valence-corrected chi connectivity index (χ3v) is 6.46. The van der Waals surface area contributed by atoms with Crippen LogP contribution in [0.2, 0.25) is 10.0 Å². The van der Waals surface area contributed by atoms with Crippen LogP contribution in [0.1, 0.15) is 54.7 Å². The molecule has 1 aromatic heterocycles. The Labute approximate surface area is 217 Å². The molecule has 36 heavy (non-hydrogen) atoms. The number of aromatic nitrogens is 1. The van der Waals surface area contributed by atoms with Crippen molar-refractivity contribution < 1.29 is 27.9 Å². The number of nitrogens with zero attached hydrogens (tertiary/aromatic N) is 2. The lowest BCUT2D eigenvalue weighted by molar-refractivity contribution is -0.156. The Balaban J connectivity index is 0.000000678. The average Bonchev–Trinajstić information content (AvgIpc) is 3.23. The number of rotatable bonds is 8. The third kappa shape index (κ3) is 8.94. The zero-order valence-corrected chi connectivity index (χ0v) is 21.5. The van der Waals surface area contributed by atoms with Crippen LogP contribution in [-0.2, 0) is 24.3 Å². The first-order valence-electron chi connectivity index (χ1n) is 11.5. The summed E-state index contributed by atoms with van der Waals surface area (Å²) in [5.41, 5.74) is 1.75. The van der Waals surface area contributed by atoms with Crippen molar-refractivity contribution >= 4 is 35.5 Å². The van der Waals surface area contributed by atoms with Gasteiger partial charge in [0, 0.05) is 19.1 Å². The lowest BCUT2D eigenvalue weighted by atomic mass is 10.0.